The van der Waals surface area contributed by atoms with Crippen molar-refractivity contribution in [3.8, 4) is 0 Å². The summed E-state index contributed by atoms with van der Waals surface area (Å²) in [6.07, 6.45) is 3.20. The zero-order valence-corrected chi connectivity index (χ0v) is 14.1. The summed E-state index contributed by atoms with van der Waals surface area (Å²) in [5.41, 5.74) is 2.94. The first-order chi connectivity index (χ1) is 10.7. The number of aryl methyl sites for hydroxylation is 1. The fraction of sp³-hybridized carbons (Fsp3) is 0.611. The zero-order valence-electron chi connectivity index (χ0n) is 14.1. The van der Waals surface area contributed by atoms with Crippen molar-refractivity contribution in [2.24, 2.45) is 4.99 Å². The van der Waals surface area contributed by atoms with Gasteiger partial charge in [0.15, 0.2) is 5.96 Å². The Hall–Kier alpha value is -1.55. The van der Waals surface area contributed by atoms with Gasteiger partial charge in [-0.2, -0.15) is 0 Å². The van der Waals surface area contributed by atoms with Gasteiger partial charge in [-0.05, 0) is 37.3 Å². The summed E-state index contributed by atoms with van der Waals surface area (Å²) in [7, 11) is 1.83. The molecule has 1 aromatic carbocycles. The molecule has 0 saturated carbocycles. The molecule has 0 atom stereocenters. The molecule has 1 aromatic rings. The lowest BCUT2D eigenvalue weighted by molar-refractivity contribution is 0.0512. The molecule has 0 radical (unpaired) electrons. The lowest BCUT2D eigenvalue weighted by atomic mass is 9.72. The highest BCUT2D eigenvalue weighted by Gasteiger charge is 2.35. The Kier molecular flexibility index (Phi) is 6.25. The lowest BCUT2D eigenvalue weighted by Gasteiger charge is -2.39. The van der Waals surface area contributed by atoms with Crippen LogP contribution < -0.4 is 10.6 Å². The molecule has 0 aromatic heterocycles. The molecule has 1 heterocycles. The summed E-state index contributed by atoms with van der Waals surface area (Å²) < 4.78 is 5.61. The number of hydrogen-bond acceptors (Lipinski definition) is 2. The Bertz CT molecular complexity index is 493. The largest absolute Gasteiger partial charge is 0.381 e. The van der Waals surface area contributed by atoms with Crippen molar-refractivity contribution < 1.29 is 4.74 Å². The van der Waals surface area contributed by atoms with Crippen LogP contribution in [0.4, 0.5) is 0 Å². The Morgan fingerprint density at radius 1 is 1.23 bits per heavy atom. The van der Waals surface area contributed by atoms with E-state index in [4.69, 9.17) is 4.74 Å². The van der Waals surface area contributed by atoms with Crippen molar-refractivity contribution in [1.29, 1.82) is 0 Å². The molecule has 122 valence electrons. The van der Waals surface area contributed by atoms with Gasteiger partial charge in [0, 0.05) is 38.8 Å². The van der Waals surface area contributed by atoms with Gasteiger partial charge in [0.1, 0.15) is 0 Å². The summed E-state index contributed by atoms with van der Waals surface area (Å²) in [6, 6.07) is 8.73. The molecule has 1 saturated heterocycles. The summed E-state index contributed by atoms with van der Waals surface area (Å²) in [4.78, 5) is 4.32. The minimum Gasteiger partial charge on any atom is -0.381 e. The summed E-state index contributed by atoms with van der Waals surface area (Å²) in [5.74, 6) is 0.890. The fourth-order valence-electron chi connectivity index (χ4n) is 3.19. The maximum absolute atomic E-state index is 5.61. The molecular weight excluding hydrogens is 274 g/mol. The third kappa shape index (κ3) is 4.01. The average Bonchev–Trinajstić information content (AvgIpc) is 2.56. The van der Waals surface area contributed by atoms with E-state index in [0.717, 1.165) is 51.5 Å². The normalized spacial score (nSPS) is 18.0. The smallest absolute Gasteiger partial charge is 0.191 e. The van der Waals surface area contributed by atoms with E-state index in [1.54, 1.807) is 0 Å². The van der Waals surface area contributed by atoms with Crippen molar-refractivity contribution in [3.63, 3.8) is 0 Å². The van der Waals surface area contributed by atoms with E-state index < -0.39 is 0 Å². The molecule has 0 amide bonds. The second kappa shape index (κ2) is 8.18. The van der Waals surface area contributed by atoms with Crippen molar-refractivity contribution in [1.82, 2.24) is 10.6 Å². The first-order valence-electron chi connectivity index (χ1n) is 8.30. The first kappa shape index (κ1) is 16.8. The summed E-state index contributed by atoms with van der Waals surface area (Å²) in [5, 5.41) is 6.87. The predicted molar refractivity (Wildman–Crippen MR) is 92.6 cm³/mol. The zero-order chi connectivity index (χ0) is 15.8. The molecule has 1 fully saturated rings. The van der Waals surface area contributed by atoms with E-state index in [9.17, 15) is 0 Å². The number of ether oxygens (including phenoxy) is 1. The van der Waals surface area contributed by atoms with E-state index in [-0.39, 0.29) is 5.41 Å². The molecule has 0 aliphatic carbocycles. The van der Waals surface area contributed by atoms with E-state index in [2.05, 4.69) is 53.7 Å². The minimum absolute atomic E-state index is 0.132. The number of nitrogens with one attached hydrogen (secondary N) is 2. The summed E-state index contributed by atoms with van der Waals surface area (Å²) >= 11 is 0. The molecule has 0 spiro atoms. The monoisotopic (exact) mass is 303 g/mol. The number of nitrogens with zero attached hydrogens (tertiary/aromatic N) is 1. The molecule has 2 N–H and O–H groups in total. The third-order valence-electron chi connectivity index (χ3n) is 4.53. The van der Waals surface area contributed by atoms with Crippen molar-refractivity contribution >= 4 is 5.96 Å². The van der Waals surface area contributed by atoms with Crippen molar-refractivity contribution in [3.05, 3.63) is 35.4 Å². The molecular formula is C18H29N3O. The lowest BCUT2D eigenvalue weighted by Crippen LogP contribution is -2.48. The Labute approximate surface area is 134 Å². The topological polar surface area (TPSA) is 45.7 Å². The Morgan fingerprint density at radius 2 is 1.95 bits per heavy atom. The minimum atomic E-state index is 0.132. The Morgan fingerprint density at radius 3 is 2.59 bits per heavy atom. The van der Waals surface area contributed by atoms with Crippen LogP contribution in [0, 0.1) is 6.92 Å². The molecule has 1 aliphatic rings. The maximum atomic E-state index is 5.61. The van der Waals surface area contributed by atoms with E-state index in [1.807, 2.05) is 7.05 Å². The van der Waals surface area contributed by atoms with E-state index in [0.29, 0.717) is 0 Å². The quantitative estimate of drug-likeness (QED) is 0.649. The van der Waals surface area contributed by atoms with Gasteiger partial charge >= 0.3 is 0 Å². The van der Waals surface area contributed by atoms with Crippen LogP contribution >= 0.6 is 0 Å². The SMILES string of the molecule is CCCNC(=NC)NCC1(c2ccccc2C)CCOCC1. The number of guanidine groups is 1. The van der Waals surface area contributed by atoms with Gasteiger partial charge in [0.2, 0.25) is 0 Å². The number of benzene rings is 1. The van der Waals surface area contributed by atoms with Crippen LogP contribution in [0.15, 0.2) is 29.3 Å². The molecule has 2 rings (SSSR count). The highest BCUT2D eigenvalue weighted by Crippen LogP contribution is 2.36. The van der Waals surface area contributed by atoms with Gasteiger partial charge in [-0.25, -0.2) is 0 Å². The van der Waals surface area contributed by atoms with Crippen LogP contribution in [0.3, 0.4) is 0 Å². The van der Waals surface area contributed by atoms with E-state index >= 15 is 0 Å². The van der Waals surface area contributed by atoms with Crippen LogP contribution in [0.1, 0.15) is 37.3 Å². The molecule has 1 aliphatic heterocycles. The van der Waals surface area contributed by atoms with Crippen LogP contribution in [-0.2, 0) is 10.2 Å². The second-order valence-corrected chi connectivity index (χ2v) is 6.06. The fourth-order valence-corrected chi connectivity index (χ4v) is 3.19. The molecule has 4 nitrogen and oxygen atoms in total. The van der Waals surface area contributed by atoms with Crippen molar-refractivity contribution in [2.45, 2.75) is 38.5 Å². The highest BCUT2D eigenvalue weighted by atomic mass is 16.5. The Balaban J connectivity index is 2.14. The van der Waals surface area contributed by atoms with Gasteiger partial charge in [-0.1, -0.05) is 31.2 Å². The second-order valence-electron chi connectivity index (χ2n) is 6.06. The standard InChI is InChI=1S/C18H29N3O/c1-4-11-20-17(19-3)21-14-18(9-12-22-13-10-18)16-8-6-5-7-15(16)2/h5-8H,4,9-14H2,1-3H3,(H2,19,20,21). The van der Waals surface area contributed by atoms with Crippen LogP contribution in [0.2, 0.25) is 0 Å². The maximum Gasteiger partial charge on any atom is 0.191 e. The van der Waals surface area contributed by atoms with Gasteiger partial charge in [0.05, 0.1) is 0 Å². The van der Waals surface area contributed by atoms with Gasteiger partial charge < -0.3 is 15.4 Å². The number of hydrogen-bond donors (Lipinski definition) is 2. The highest BCUT2D eigenvalue weighted by molar-refractivity contribution is 5.79. The number of rotatable bonds is 5. The van der Waals surface area contributed by atoms with Gasteiger partial charge in [-0.15, -0.1) is 0 Å². The third-order valence-corrected chi connectivity index (χ3v) is 4.53. The van der Waals surface area contributed by atoms with E-state index in [1.165, 1.54) is 11.1 Å². The van der Waals surface area contributed by atoms with Gasteiger partial charge in [-0.3, -0.25) is 4.99 Å². The average molecular weight is 303 g/mol. The first-order valence-corrected chi connectivity index (χ1v) is 8.30. The molecule has 4 heteroatoms. The molecule has 0 bridgehead atoms. The predicted octanol–water partition coefficient (Wildman–Crippen LogP) is 2.62. The summed E-state index contributed by atoms with van der Waals surface area (Å²) in [6.45, 7) is 7.86. The number of aliphatic imine (C=N–C) groups is 1. The van der Waals surface area contributed by atoms with Crippen LogP contribution in [-0.4, -0.2) is 39.3 Å². The molecule has 0 unspecified atom stereocenters. The molecule has 22 heavy (non-hydrogen) atoms. The van der Waals surface area contributed by atoms with Gasteiger partial charge in [0.25, 0.3) is 0 Å². The van der Waals surface area contributed by atoms with Crippen molar-refractivity contribution in [2.75, 3.05) is 33.4 Å². The van der Waals surface area contributed by atoms with Crippen LogP contribution in [0.25, 0.3) is 0 Å². The van der Waals surface area contributed by atoms with Crippen LogP contribution in [0.5, 0.6) is 0 Å².